The van der Waals surface area contributed by atoms with E-state index in [0.29, 0.717) is 6.42 Å². The molecule has 1 heterocycles. The summed E-state index contributed by atoms with van der Waals surface area (Å²) in [4.78, 5) is 13.8. The number of amides is 1. The maximum Gasteiger partial charge on any atom is 0.227 e. The van der Waals surface area contributed by atoms with Crippen molar-refractivity contribution in [1.29, 1.82) is 0 Å². The van der Waals surface area contributed by atoms with Gasteiger partial charge in [-0.15, -0.1) is 0 Å². The van der Waals surface area contributed by atoms with Crippen molar-refractivity contribution in [3.8, 4) is 0 Å². The lowest BCUT2D eigenvalue weighted by molar-refractivity contribution is -0.117. The van der Waals surface area contributed by atoms with Crippen molar-refractivity contribution in [1.82, 2.24) is 0 Å². The summed E-state index contributed by atoms with van der Waals surface area (Å²) in [5.41, 5.74) is 4.57. The highest BCUT2D eigenvalue weighted by Crippen LogP contribution is 2.29. The van der Waals surface area contributed by atoms with Crippen LogP contribution < -0.4 is 10.2 Å². The first kappa shape index (κ1) is 13.7. The van der Waals surface area contributed by atoms with E-state index in [2.05, 4.69) is 36.5 Å². The van der Waals surface area contributed by atoms with Gasteiger partial charge >= 0.3 is 0 Å². The molecule has 3 nitrogen and oxygen atoms in total. The van der Waals surface area contributed by atoms with Gasteiger partial charge in [0.1, 0.15) is 0 Å². The highest BCUT2D eigenvalue weighted by molar-refractivity contribution is 5.98. The number of carbonyl (C=O) groups is 1. The van der Waals surface area contributed by atoms with Gasteiger partial charge in [-0.25, -0.2) is 0 Å². The van der Waals surface area contributed by atoms with Crippen LogP contribution in [0.4, 0.5) is 11.4 Å². The molecule has 1 amide bonds. The van der Waals surface area contributed by atoms with Crippen molar-refractivity contribution < 1.29 is 4.79 Å². The Morgan fingerprint density at radius 2 is 1.86 bits per heavy atom. The molecule has 0 unspecified atom stereocenters. The second kappa shape index (κ2) is 6.00. The van der Waals surface area contributed by atoms with Gasteiger partial charge in [0.25, 0.3) is 0 Å². The van der Waals surface area contributed by atoms with Crippen molar-refractivity contribution in [3.63, 3.8) is 0 Å². The van der Waals surface area contributed by atoms with E-state index < -0.39 is 0 Å². The Balaban J connectivity index is 1.80. The minimum Gasteiger partial charge on any atom is -0.379 e. The fourth-order valence-corrected chi connectivity index (χ4v) is 2.76. The van der Waals surface area contributed by atoms with E-state index in [4.69, 9.17) is 0 Å². The molecular formula is C18H20N2O. The molecule has 0 aliphatic carbocycles. The van der Waals surface area contributed by atoms with Crippen LogP contribution in [0, 0.1) is 6.92 Å². The lowest BCUT2D eigenvalue weighted by atomic mass is 10.1. The molecule has 108 valence electrons. The van der Waals surface area contributed by atoms with E-state index in [1.807, 2.05) is 29.2 Å². The Kier molecular flexibility index (Phi) is 3.91. The molecule has 1 N–H and O–H groups in total. The lowest BCUT2D eigenvalue weighted by Gasteiger charge is -2.20. The van der Waals surface area contributed by atoms with Crippen molar-refractivity contribution >= 4 is 17.3 Å². The van der Waals surface area contributed by atoms with E-state index >= 15 is 0 Å². The molecule has 1 fully saturated rings. The third kappa shape index (κ3) is 2.92. The first-order valence-corrected chi connectivity index (χ1v) is 7.43. The zero-order valence-corrected chi connectivity index (χ0v) is 12.3. The largest absolute Gasteiger partial charge is 0.379 e. The molecule has 1 saturated heterocycles. The zero-order valence-electron chi connectivity index (χ0n) is 12.3. The Labute approximate surface area is 125 Å². The summed E-state index contributed by atoms with van der Waals surface area (Å²) >= 11 is 0. The van der Waals surface area contributed by atoms with Gasteiger partial charge in [0.2, 0.25) is 5.91 Å². The van der Waals surface area contributed by atoms with Crippen LogP contribution in [0.15, 0.2) is 48.5 Å². The summed E-state index contributed by atoms with van der Waals surface area (Å²) in [6, 6.07) is 16.4. The first-order chi connectivity index (χ1) is 10.3. The van der Waals surface area contributed by atoms with E-state index in [1.54, 1.807) is 0 Å². The number of carbonyl (C=O) groups excluding carboxylic acids is 1. The summed E-state index contributed by atoms with van der Waals surface area (Å²) in [5, 5.41) is 3.47. The van der Waals surface area contributed by atoms with Crippen molar-refractivity contribution in [2.24, 2.45) is 0 Å². The van der Waals surface area contributed by atoms with Crippen molar-refractivity contribution in [2.75, 3.05) is 16.8 Å². The molecule has 0 bridgehead atoms. The van der Waals surface area contributed by atoms with Gasteiger partial charge < -0.3 is 10.2 Å². The fraction of sp³-hybridized carbons (Fsp3) is 0.278. The minimum atomic E-state index is 0.222. The average Bonchev–Trinajstić information content (AvgIpc) is 2.93. The van der Waals surface area contributed by atoms with Gasteiger partial charge in [-0.05, 0) is 36.6 Å². The number of aryl methyl sites for hydroxylation is 1. The van der Waals surface area contributed by atoms with E-state index in [-0.39, 0.29) is 5.91 Å². The average molecular weight is 280 g/mol. The van der Waals surface area contributed by atoms with Gasteiger partial charge in [-0.2, -0.15) is 0 Å². The van der Waals surface area contributed by atoms with Crippen LogP contribution in [0.2, 0.25) is 0 Å². The molecule has 0 radical (unpaired) electrons. The summed E-state index contributed by atoms with van der Waals surface area (Å²) in [5.74, 6) is 0.222. The number of benzene rings is 2. The minimum absolute atomic E-state index is 0.222. The number of rotatable bonds is 4. The van der Waals surface area contributed by atoms with Crippen LogP contribution in [0.5, 0.6) is 0 Å². The molecule has 3 heteroatoms. The predicted octanol–water partition coefficient (Wildman–Crippen LogP) is 3.73. The zero-order chi connectivity index (χ0) is 14.7. The number of hydrogen-bond donors (Lipinski definition) is 1. The Morgan fingerprint density at radius 3 is 2.62 bits per heavy atom. The van der Waals surface area contributed by atoms with Crippen LogP contribution in [0.1, 0.15) is 24.0 Å². The van der Waals surface area contributed by atoms with Crippen LogP contribution >= 0.6 is 0 Å². The van der Waals surface area contributed by atoms with Gasteiger partial charge in [0.15, 0.2) is 0 Å². The summed E-state index contributed by atoms with van der Waals surface area (Å²) in [6.45, 7) is 3.71. The Bertz CT molecular complexity index is 651. The third-order valence-electron chi connectivity index (χ3n) is 4.00. The monoisotopic (exact) mass is 280 g/mol. The number of hydrogen-bond acceptors (Lipinski definition) is 2. The summed E-state index contributed by atoms with van der Waals surface area (Å²) < 4.78 is 0. The Morgan fingerprint density at radius 1 is 1.10 bits per heavy atom. The molecule has 21 heavy (non-hydrogen) atoms. The number of nitrogens with one attached hydrogen (secondary N) is 1. The van der Waals surface area contributed by atoms with Gasteiger partial charge in [0.05, 0.1) is 11.4 Å². The lowest BCUT2D eigenvalue weighted by Crippen LogP contribution is -2.24. The van der Waals surface area contributed by atoms with Crippen LogP contribution in [0.3, 0.4) is 0 Å². The normalized spacial score (nSPS) is 14.5. The summed E-state index contributed by atoms with van der Waals surface area (Å²) in [6.07, 6.45) is 1.61. The van der Waals surface area contributed by atoms with Gasteiger partial charge in [-0.1, -0.05) is 36.4 Å². The maximum atomic E-state index is 12.0. The highest BCUT2D eigenvalue weighted by Gasteiger charge is 2.23. The number of nitrogens with zero attached hydrogens (tertiary/aromatic N) is 1. The van der Waals surface area contributed by atoms with Crippen LogP contribution in [-0.4, -0.2) is 12.5 Å². The number of para-hydroxylation sites is 2. The molecule has 0 aromatic heterocycles. The molecule has 2 aromatic rings. The standard InChI is InChI=1S/C18H20N2O/c1-14-7-2-3-8-15(14)13-19-16-9-4-5-10-17(16)20-12-6-11-18(20)21/h2-5,7-10,19H,6,11-13H2,1H3. The van der Waals surface area contributed by atoms with E-state index in [1.165, 1.54) is 11.1 Å². The highest BCUT2D eigenvalue weighted by atomic mass is 16.2. The van der Waals surface area contributed by atoms with Crippen molar-refractivity contribution in [3.05, 3.63) is 59.7 Å². The smallest absolute Gasteiger partial charge is 0.227 e. The topological polar surface area (TPSA) is 32.3 Å². The molecule has 3 rings (SSSR count). The maximum absolute atomic E-state index is 12.0. The first-order valence-electron chi connectivity index (χ1n) is 7.43. The van der Waals surface area contributed by atoms with Crippen molar-refractivity contribution in [2.45, 2.75) is 26.3 Å². The van der Waals surface area contributed by atoms with E-state index in [9.17, 15) is 4.79 Å². The second-order valence-corrected chi connectivity index (χ2v) is 5.45. The molecule has 2 aromatic carbocycles. The molecule has 1 aliphatic heterocycles. The molecule has 0 atom stereocenters. The molecule has 0 saturated carbocycles. The number of anilines is 2. The quantitative estimate of drug-likeness (QED) is 0.925. The molecular weight excluding hydrogens is 260 g/mol. The third-order valence-corrected chi connectivity index (χ3v) is 4.00. The van der Waals surface area contributed by atoms with Crippen LogP contribution in [0.25, 0.3) is 0 Å². The van der Waals surface area contributed by atoms with E-state index in [0.717, 1.165) is 30.9 Å². The fourth-order valence-electron chi connectivity index (χ4n) is 2.76. The summed E-state index contributed by atoms with van der Waals surface area (Å²) in [7, 11) is 0. The second-order valence-electron chi connectivity index (χ2n) is 5.45. The SMILES string of the molecule is Cc1ccccc1CNc1ccccc1N1CCCC1=O. The molecule has 0 spiro atoms. The predicted molar refractivity (Wildman–Crippen MR) is 86.5 cm³/mol. The van der Waals surface area contributed by atoms with Gasteiger partial charge in [0, 0.05) is 19.5 Å². The molecule has 1 aliphatic rings. The van der Waals surface area contributed by atoms with Gasteiger partial charge in [-0.3, -0.25) is 4.79 Å². The Hall–Kier alpha value is -2.29. The van der Waals surface area contributed by atoms with Crippen LogP contribution in [-0.2, 0) is 11.3 Å².